The van der Waals surface area contributed by atoms with E-state index in [1.54, 1.807) is 0 Å². The van der Waals surface area contributed by atoms with E-state index in [1.165, 1.54) is 11.1 Å². The molecule has 0 saturated carbocycles. The van der Waals surface area contributed by atoms with Crippen molar-refractivity contribution < 1.29 is 9.47 Å². The van der Waals surface area contributed by atoms with Crippen molar-refractivity contribution in [3.05, 3.63) is 71.8 Å². The molecule has 2 aliphatic heterocycles. The predicted octanol–water partition coefficient (Wildman–Crippen LogP) is 3.94. The third-order valence-electron chi connectivity index (χ3n) is 4.96. The molecule has 2 aliphatic rings. The average molecular weight is 309 g/mol. The van der Waals surface area contributed by atoms with Crippen LogP contribution in [0.15, 0.2) is 60.7 Å². The highest BCUT2D eigenvalue weighted by Gasteiger charge is 2.49. The summed E-state index contributed by atoms with van der Waals surface area (Å²) in [6.45, 7) is 2.03. The van der Waals surface area contributed by atoms with Crippen LogP contribution in [0, 0.1) is 0 Å². The Morgan fingerprint density at radius 2 is 1.22 bits per heavy atom. The van der Waals surface area contributed by atoms with E-state index >= 15 is 0 Å². The van der Waals surface area contributed by atoms with Crippen LogP contribution < -0.4 is 0 Å². The second kappa shape index (κ2) is 6.08. The van der Waals surface area contributed by atoms with Gasteiger partial charge in [0.15, 0.2) is 5.79 Å². The summed E-state index contributed by atoms with van der Waals surface area (Å²) >= 11 is 0. The highest BCUT2D eigenvalue weighted by molar-refractivity contribution is 5.26. The van der Waals surface area contributed by atoms with Gasteiger partial charge in [0, 0.05) is 25.9 Å². The molecule has 3 heteroatoms. The highest BCUT2D eigenvalue weighted by atomic mass is 16.8. The van der Waals surface area contributed by atoms with Gasteiger partial charge < -0.3 is 14.4 Å². The maximum absolute atomic E-state index is 6.54. The molecule has 23 heavy (non-hydrogen) atoms. The number of rotatable bonds is 2. The Morgan fingerprint density at radius 3 is 1.65 bits per heavy atom. The molecule has 0 aliphatic carbocycles. The molecule has 0 amide bonds. The average Bonchev–Trinajstić information content (AvgIpc) is 2.99. The molecule has 0 radical (unpaired) electrons. The molecule has 2 atom stereocenters. The fourth-order valence-electron chi connectivity index (χ4n) is 3.58. The second-order valence-corrected chi connectivity index (χ2v) is 6.61. The van der Waals surface area contributed by atoms with Crippen LogP contribution in [-0.2, 0) is 9.47 Å². The Morgan fingerprint density at radius 1 is 0.783 bits per heavy atom. The predicted molar refractivity (Wildman–Crippen MR) is 90.0 cm³/mol. The minimum Gasteiger partial charge on any atom is -0.339 e. The minimum absolute atomic E-state index is 0.0398. The number of piperidine rings is 1. The molecular weight excluding hydrogens is 286 g/mol. The number of ether oxygens (including phenoxy) is 2. The summed E-state index contributed by atoms with van der Waals surface area (Å²) in [5.74, 6) is -0.437. The maximum atomic E-state index is 6.54. The molecule has 3 nitrogen and oxygen atoms in total. The first-order valence-corrected chi connectivity index (χ1v) is 8.40. The molecule has 120 valence electrons. The van der Waals surface area contributed by atoms with Crippen molar-refractivity contribution in [2.24, 2.45) is 0 Å². The van der Waals surface area contributed by atoms with Gasteiger partial charge in [-0.25, -0.2) is 0 Å². The van der Waals surface area contributed by atoms with E-state index in [4.69, 9.17) is 9.47 Å². The van der Waals surface area contributed by atoms with E-state index in [2.05, 4.69) is 60.5 Å². The van der Waals surface area contributed by atoms with Crippen molar-refractivity contribution in [1.29, 1.82) is 0 Å². The van der Waals surface area contributed by atoms with Gasteiger partial charge in [-0.3, -0.25) is 0 Å². The first-order chi connectivity index (χ1) is 11.3. The van der Waals surface area contributed by atoms with Crippen molar-refractivity contribution >= 4 is 0 Å². The Labute approximate surface area is 137 Å². The van der Waals surface area contributed by atoms with Crippen LogP contribution in [0.3, 0.4) is 0 Å². The van der Waals surface area contributed by atoms with E-state index in [0.29, 0.717) is 0 Å². The maximum Gasteiger partial charge on any atom is 0.172 e. The van der Waals surface area contributed by atoms with E-state index in [-0.39, 0.29) is 12.2 Å². The van der Waals surface area contributed by atoms with Crippen LogP contribution in [0.1, 0.15) is 36.2 Å². The van der Waals surface area contributed by atoms with E-state index in [1.807, 2.05) is 12.1 Å². The van der Waals surface area contributed by atoms with Gasteiger partial charge in [-0.15, -0.1) is 0 Å². The zero-order valence-corrected chi connectivity index (χ0v) is 13.5. The molecule has 0 bridgehead atoms. The number of nitrogens with zero attached hydrogens (tertiary/aromatic N) is 1. The van der Waals surface area contributed by atoms with Crippen molar-refractivity contribution in [2.45, 2.75) is 30.8 Å². The largest absolute Gasteiger partial charge is 0.339 e. The second-order valence-electron chi connectivity index (χ2n) is 6.61. The van der Waals surface area contributed by atoms with Crippen molar-refractivity contribution in [1.82, 2.24) is 4.90 Å². The van der Waals surface area contributed by atoms with Gasteiger partial charge in [0.2, 0.25) is 0 Å². The normalized spacial score (nSPS) is 27.3. The van der Waals surface area contributed by atoms with Crippen LogP contribution in [0.4, 0.5) is 0 Å². The van der Waals surface area contributed by atoms with Gasteiger partial charge >= 0.3 is 0 Å². The van der Waals surface area contributed by atoms with Crippen molar-refractivity contribution in [3.8, 4) is 0 Å². The molecule has 4 rings (SSSR count). The molecule has 2 aromatic carbocycles. The number of likely N-dealkylation sites (tertiary alicyclic amines) is 1. The van der Waals surface area contributed by atoms with Gasteiger partial charge in [-0.05, 0) is 18.2 Å². The quantitative estimate of drug-likeness (QED) is 0.839. The van der Waals surface area contributed by atoms with Gasteiger partial charge in [0.05, 0.1) is 0 Å². The third-order valence-corrected chi connectivity index (χ3v) is 4.96. The molecule has 0 aromatic heterocycles. The fraction of sp³-hybridized carbons (Fsp3) is 0.400. The Kier molecular flexibility index (Phi) is 3.93. The Balaban J connectivity index is 1.67. The Hall–Kier alpha value is -1.68. The van der Waals surface area contributed by atoms with Gasteiger partial charge in [0.25, 0.3) is 0 Å². The SMILES string of the molecule is CN1CCC2(CC1)O[C@H](c1ccccc1)[C@H](c1ccccc1)O2. The first-order valence-electron chi connectivity index (χ1n) is 8.40. The summed E-state index contributed by atoms with van der Waals surface area (Å²) in [6, 6.07) is 20.9. The summed E-state index contributed by atoms with van der Waals surface area (Å²) in [4.78, 5) is 2.34. The number of hydrogen-bond donors (Lipinski definition) is 0. The number of benzene rings is 2. The van der Waals surface area contributed by atoms with Crippen molar-refractivity contribution in [3.63, 3.8) is 0 Å². The lowest BCUT2D eigenvalue weighted by Crippen LogP contribution is -2.43. The zero-order chi connectivity index (χ0) is 15.7. The van der Waals surface area contributed by atoms with Crippen LogP contribution in [-0.4, -0.2) is 30.8 Å². The first kappa shape index (κ1) is 14.9. The Bertz CT molecular complexity index is 586. The molecule has 2 saturated heterocycles. The van der Waals surface area contributed by atoms with Gasteiger partial charge in [0.1, 0.15) is 12.2 Å². The lowest BCUT2D eigenvalue weighted by Gasteiger charge is -2.36. The summed E-state index contributed by atoms with van der Waals surface area (Å²) in [5, 5.41) is 0. The summed E-state index contributed by atoms with van der Waals surface area (Å²) in [6.07, 6.45) is 1.77. The third kappa shape index (κ3) is 2.92. The lowest BCUT2D eigenvalue weighted by molar-refractivity contribution is -0.201. The van der Waals surface area contributed by atoms with Crippen LogP contribution in [0.2, 0.25) is 0 Å². The van der Waals surface area contributed by atoms with Gasteiger partial charge in [-0.2, -0.15) is 0 Å². The summed E-state index contributed by atoms with van der Waals surface area (Å²) in [5.41, 5.74) is 2.38. The van der Waals surface area contributed by atoms with Crippen molar-refractivity contribution in [2.75, 3.05) is 20.1 Å². The number of hydrogen-bond acceptors (Lipinski definition) is 3. The van der Waals surface area contributed by atoms with Crippen LogP contribution >= 0.6 is 0 Å². The highest BCUT2D eigenvalue weighted by Crippen LogP contribution is 2.50. The molecule has 0 N–H and O–H groups in total. The summed E-state index contributed by atoms with van der Waals surface area (Å²) < 4.78 is 13.1. The molecule has 1 spiro atoms. The van der Waals surface area contributed by atoms with E-state index in [0.717, 1.165) is 25.9 Å². The van der Waals surface area contributed by atoms with E-state index < -0.39 is 5.79 Å². The molecule has 2 fully saturated rings. The topological polar surface area (TPSA) is 21.7 Å². The van der Waals surface area contributed by atoms with E-state index in [9.17, 15) is 0 Å². The van der Waals surface area contributed by atoms with Crippen LogP contribution in [0.5, 0.6) is 0 Å². The minimum atomic E-state index is -0.437. The van der Waals surface area contributed by atoms with Crippen LogP contribution in [0.25, 0.3) is 0 Å². The monoisotopic (exact) mass is 309 g/mol. The molecule has 2 heterocycles. The smallest absolute Gasteiger partial charge is 0.172 e. The summed E-state index contributed by atoms with van der Waals surface area (Å²) in [7, 11) is 2.16. The zero-order valence-electron chi connectivity index (χ0n) is 13.5. The molecule has 2 aromatic rings. The fourth-order valence-corrected chi connectivity index (χ4v) is 3.58. The van der Waals surface area contributed by atoms with Gasteiger partial charge in [-0.1, -0.05) is 60.7 Å². The lowest BCUT2D eigenvalue weighted by atomic mass is 9.99. The standard InChI is InChI=1S/C20H23NO2/c1-21-14-12-20(13-15-21)22-18(16-8-4-2-5-9-16)19(23-20)17-10-6-3-7-11-17/h2-11,18-19H,12-15H2,1H3/t18-,19+. The molecular formula is C20H23NO2. The molecule has 0 unspecified atom stereocenters.